The number of imidazole rings is 1. The van der Waals surface area contributed by atoms with E-state index in [1.165, 1.54) is 6.26 Å². The van der Waals surface area contributed by atoms with Crippen molar-refractivity contribution in [2.75, 3.05) is 28.8 Å². The van der Waals surface area contributed by atoms with Crippen LogP contribution >= 0.6 is 0 Å². The molecule has 0 saturated heterocycles. The maximum Gasteiger partial charge on any atom is 0.237 e. The zero-order valence-corrected chi connectivity index (χ0v) is 24.4. The van der Waals surface area contributed by atoms with Gasteiger partial charge in [-0.15, -0.1) is 0 Å². The Labute approximate surface area is 244 Å². The van der Waals surface area contributed by atoms with Gasteiger partial charge in [-0.1, -0.05) is 42.5 Å². The highest BCUT2D eigenvalue weighted by atomic mass is 32.2. The number of nitrogens with zero attached hydrogens (tertiary/aromatic N) is 5. The summed E-state index contributed by atoms with van der Waals surface area (Å²) in [7, 11) is 0.708. The summed E-state index contributed by atoms with van der Waals surface area (Å²) in [5.41, 5.74) is 4.54. The number of benzene rings is 3. The zero-order valence-electron chi connectivity index (χ0n) is 23.6. The molecule has 0 spiro atoms. The second-order valence-electron chi connectivity index (χ2n) is 10.8. The summed E-state index contributed by atoms with van der Waals surface area (Å²) in [6.45, 7) is 0. The van der Waals surface area contributed by atoms with Crippen molar-refractivity contribution in [1.82, 2.24) is 19.5 Å². The molecule has 3 aromatic carbocycles. The number of hydrogen-bond donors (Lipinski definition) is 2. The zero-order chi connectivity index (χ0) is 29.5. The molecule has 2 heterocycles. The van der Waals surface area contributed by atoms with Crippen LogP contribution in [0.4, 0.5) is 29.1 Å². The summed E-state index contributed by atoms with van der Waals surface area (Å²) in [4.78, 5) is 29.0. The number of anilines is 5. The summed E-state index contributed by atoms with van der Waals surface area (Å²) in [5.74, 6) is 1.55. The van der Waals surface area contributed by atoms with E-state index in [4.69, 9.17) is 4.98 Å². The van der Waals surface area contributed by atoms with E-state index in [9.17, 15) is 13.2 Å². The first kappa shape index (κ1) is 27.4. The first-order valence-corrected chi connectivity index (χ1v) is 15.6. The average Bonchev–Trinajstić information content (AvgIpc) is 3.74. The van der Waals surface area contributed by atoms with Gasteiger partial charge in [0.15, 0.2) is 9.84 Å². The first-order valence-electron chi connectivity index (χ1n) is 13.6. The normalized spacial score (nSPS) is 14.0. The number of carbonyl (C=O) groups excluding carboxylic acids is 1. The van der Waals surface area contributed by atoms with Crippen LogP contribution in [0.15, 0.2) is 85.1 Å². The third-order valence-electron chi connectivity index (χ3n) is 7.61. The van der Waals surface area contributed by atoms with Gasteiger partial charge in [-0.25, -0.2) is 18.4 Å². The van der Waals surface area contributed by atoms with Crippen molar-refractivity contribution in [3.8, 4) is 0 Å². The first-order chi connectivity index (χ1) is 20.1. The fourth-order valence-corrected chi connectivity index (χ4v) is 5.90. The molecule has 1 amide bonds. The average molecular weight is 582 g/mol. The SMILES string of the molecule is CN(c1ccc2c(c1)nc(NC(=O)C1(c3ccccc3)CC1)n2C)c1ccnc(Nc2ccc(CS(C)(=O)=O)cc2)n1. The molecular formula is C31H31N7O3S. The largest absolute Gasteiger partial charge is 0.329 e. The van der Waals surface area contributed by atoms with Gasteiger partial charge < -0.3 is 14.8 Å². The lowest BCUT2D eigenvalue weighted by atomic mass is 9.95. The van der Waals surface area contributed by atoms with E-state index in [1.807, 2.05) is 78.2 Å². The second kappa shape index (κ2) is 10.6. The van der Waals surface area contributed by atoms with E-state index in [-0.39, 0.29) is 11.7 Å². The van der Waals surface area contributed by atoms with E-state index in [1.54, 1.807) is 30.5 Å². The lowest BCUT2D eigenvalue weighted by Crippen LogP contribution is -2.28. The van der Waals surface area contributed by atoms with Crippen LogP contribution in [-0.4, -0.2) is 47.1 Å². The number of aryl methyl sites for hydroxylation is 1. The predicted molar refractivity (Wildman–Crippen MR) is 165 cm³/mol. The van der Waals surface area contributed by atoms with Crippen LogP contribution in [0, 0.1) is 0 Å². The molecule has 0 radical (unpaired) electrons. The summed E-state index contributed by atoms with van der Waals surface area (Å²) >= 11 is 0. The molecule has 0 unspecified atom stereocenters. The van der Waals surface area contributed by atoms with Gasteiger partial charge in [-0.2, -0.15) is 4.98 Å². The molecule has 10 nitrogen and oxygen atoms in total. The molecule has 0 aliphatic heterocycles. The molecule has 1 aliphatic carbocycles. The van der Waals surface area contributed by atoms with Gasteiger partial charge in [0.2, 0.25) is 17.8 Å². The highest BCUT2D eigenvalue weighted by Crippen LogP contribution is 2.49. The maximum atomic E-state index is 13.3. The number of aromatic nitrogens is 4. The van der Waals surface area contributed by atoms with Crippen molar-refractivity contribution < 1.29 is 13.2 Å². The molecule has 11 heteroatoms. The molecule has 1 aliphatic rings. The Balaban J connectivity index is 1.18. The summed E-state index contributed by atoms with van der Waals surface area (Å²) in [6.07, 6.45) is 4.54. The molecule has 0 bridgehead atoms. The summed E-state index contributed by atoms with van der Waals surface area (Å²) < 4.78 is 25.0. The predicted octanol–water partition coefficient (Wildman–Crippen LogP) is 5.09. The molecule has 1 fully saturated rings. The third-order valence-corrected chi connectivity index (χ3v) is 8.47. The van der Waals surface area contributed by atoms with Crippen LogP contribution in [0.3, 0.4) is 0 Å². The number of sulfone groups is 1. The number of rotatable bonds is 9. The number of carbonyl (C=O) groups is 1. The quantitative estimate of drug-likeness (QED) is 0.247. The van der Waals surface area contributed by atoms with Crippen molar-refractivity contribution >= 4 is 55.9 Å². The highest BCUT2D eigenvalue weighted by Gasteiger charge is 2.51. The Bertz CT molecular complexity index is 1880. The highest BCUT2D eigenvalue weighted by molar-refractivity contribution is 7.89. The van der Waals surface area contributed by atoms with Gasteiger partial charge in [0, 0.05) is 37.9 Å². The minimum absolute atomic E-state index is 0.00694. The number of hydrogen-bond acceptors (Lipinski definition) is 8. The van der Waals surface area contributed by atoms with E-state index in [0.717, 1.165) is 40.8 Å². The van der Waals surface area contributed by atoms with Gasteiger partial charge in [-0.05, 0) is 60.4 Å². The minimum atomic E-state index is -3.10. The molecular weight excluding hydrogens is 550 g/mol. The molecule has 2 N–H and O–H groups in total. The summed E-state index contributed by atoms with van der Waals surface area (Å²) in [6, 6.07) is 24.8. The number of nitrogens with one attached hydrogen (secondary N) is 2. The van der Waals surface area contributed by atoms with E-state index in [0.29, 0.717) is 23.3 Å². The Morgan fingerprint density at radius 3 is 2.43 bits per heavy atom. The Morgan fingerprint density at radius 2 is 1.74 bits per heavy atom. The van der Waals surface area contributed by atoms with E-state index < -0.39 is 15.3 Å². The van der Waals surface area contributed by atoms with Crippen LogP contribution < -0.4 is 15.5 Å². The van der Waals surface area contributed by atoms with Crippen LogP contribution in [0.1, 0.15) is 24.0 Å². The van der Waals surface area contributed by atoms with Gasteiger partial charge in [0.25, 0.3) is 0 Å². The van der Waals surface area contributed by atoms with Crippen molar-refractivity contribution in [2.45, 2.75) is 24.0 Å². The third kappa shape index (κ3) is 5.55. The van der Waals surface area contributed by atoms with Crippen LogP contribution in [0.5, 0.6) is 0 Å². The van der Waals surface area contributed by atoms with Crippen molar-refractivity contribution in [2.24, 2.45) is 7.05 Å². The van der Waals surface area contributed by atoms with Gasteiger partial charge >= 0.3 is 0 Å². The second-order valence-corrected chi connectivity index (χ2v) is 12.9. The van der Waals surface area contributed by atoms with Crippen molar-refractivity contribution in [3.05, 3.63) is 96.2 Å². The minimum Gasteiger partial charge on any atom is -0.329 e. The lowest BCUT2D eigenvalue weighted by molar-refractivity contribution is -0.118. The van der Waals surface area contributed by atoms with Crippen LogP contribution in [0.25, 0.3) is 11.0 Å². The Hall–Kier alpha value is -4.77. The monoisotopic (exact) mass is 581 g/mol. The molecule has 214 valence electrons. The van der Waals surface area contributed by atoms with Gasteiger partial charge in [0.05, 0.1) is 22.2 Å². The summed E-state index contributed by atoms with van der Waals surface area (Å²) in [5, 5.41) is 6.24. The molecule has 1 saturated carbocycles. The van der Waals surface area contributed by atoms with Crippen LogP contribution in [0.2, 0.25) is 0 Å². The van der Waals surface area contributed by atoms with E-state index >= 15 is 0 Å². The van der Waals surface area contributed by atoms with Crippen molar-refractivity contribution in [3.63, 3.8) is 0 Å². The topological polar surface area (TPSA) is 122 Å². The molecule has 2 aromatic heterocycles. The number of fused-ring (bicyclic) bond motifs is 1. The number of amides is 1. The Kier molecular flexibility index (Phi) is 6.90. The molecule has 5 aromatic rings. The Morgan fingerprint density at radius 1 is 1.00 bits per heavy atom. The lowest BCUT2D eigenvalue weighted by Gasteiger charge is -2.19. The van der Waals surface area contributed by atoms with Crippen molar-refractivity contribution in [1.29, 1.82) is 0 Å². The molecule has 42 heavy (non-hydrogen) atoms. The molecule has 6 rings (SSSR count). The van der Waals surface area contributed by atoms with Gasteiger partial charge in [0.1, 0.15) is 5.82 Å². The maximum absolute atomic E-state index is 13.3. The smallest absolute Gasteiger partial charge is 0.237 e. The van der Waals surface area contributed by atoms with Crippen LogP contribution in [-0.2, 0) is 32.8 Å². The molecule has 0 atom stereocenters. The fraction of sp³-hybridized carbons (Fsp3) is 0.226. The fourth-order valence-electron chi connectivity index (χ4n) is 5.10. The van der Waals surface area contributed by atoms with E-state index in [2.05, 4.69) is 20.6 Å². The van der Waals surface area contributed by atoms with Gasteiger partial charge in [-0.3, -0.25) is 10.1 Å². The standard InChI is InChI=1S/C31H31N7O3S/c1-37(27-15-18-32-29(35-27)33-23-11-9-21(10-12-23)20-42(3,40)41)24-13-14-26-25(19-24)34-30(38(26)2)36-28(39)31(16-17-31)22-7-5-4-6-8-22/h4-15,18-19H,16-17,20H2,1-3H3,(H,32,33,35)(H,34,36,39).